The van der Waals surface area contributed by atoms with Gasteiger partial charge in [0.15, 0.2) is 11.6 Å². The summed E-state index contributed by atoms with van der Waals surface area (Å²) >= 11 is 5.84. The molecule has 5 heteroatoms. The third-order valence-electron chi connectivity index (χ3n) is 2.73. The molecule has 0 N–H and O–H groups in total. The van der Waals surface area contributed by atoms with Crippen molar-refractivity contribution in [3.8, 4) is 5.75 Å². The minimum Gasteiger partial charge on any atom is -0.489 e. The van der Waals surface area contributed by atoms with E-state index in [1.54, 1.807) is 13.1 Å². The molecule has 0 saturated carbocycles. The minimum absolute atomic E-state index is 0.0380. The topological polar surface area (TPSA) is 42.4 Å². The number of anilines is 1. The van der Waals surface area contributed by atoms with E-state index in [2.05, 4.69) is 4.98 Å². The number of aromatic nitrogens is 1. The fourth-order valence-corrected chi connectivity index (χ4v) is 1.85. The highest BCUT2D eigenvalue weighted by molar-refractivity contribution is 6.30. The number of hydrogen-bond acceptors (Lipinski definition) is 3. The molecule has 0 spiro atoms. The molecule has 1 aromatic rings. The predicted molar refractivity (Wildman–Crippen MR) is 61.9 cm³/mol. The van der Waals surface area contributed by atoms with E-state index in [0.717, 1.165) is 6.42 Å². The van der Waals surface area contributed by atoms with E-state index in [1.807, 2.05) is 6.92 Å². The molecule has 1 aliphatic rings. The van der Waals surface area contributed by atoms with Gasteiger partial charge in [-0.25, -0.2) is 4.98 Å². The standard InChI is InChI=1S/C11H13ClN2O2/c1-3-7-6-16-9-4-8(12)5-13-10(9)14(2)11(7)15/h4-5,7H,3,6H2,1-2H3. The molecule has 0 aliphatic carbocycles. The molecule has 0 aromatic carbocycles. The van der Waals surface area contributed by atoms with Gasteiger partial charge in [-0.1, -0.05) is 18.5 Å². The monoisotopic (exact) mass is 240 g/mol. The summed E-state index contributed by atoms with van der Waals surface area (Å²) in [7, 11) is 1.71. The van der Waals surface area contributed by atoms with Crippen molar-refractivity contribution in [3.05, 3.63) is 17.3 Å². The average molecular weight is 241 g/mol. The van der Waals surface area contributed by atoms with Gasteiger partial charge in [0.1, 0.15) is 6.61 Å². The van der Waals surface area contributed by atoms with Crippen molar-refractivity contribution >= 4 is 23.3 Å². The summed E-state index contributed by atoms with van der Waals surface area (Å²) in [5.74, 6) is 1.03. The maximum atomic E-state index is 12.0. The Morgan fingerprint density at radius 1 is 1.69 bits per heavy atom. The summed E-state index contributed by atoms with van der Waals surface area (Å²) in [6.45, 7) is 2.35. The number of rotatable bonds is 1. The third kappa shape index (κ3) is 1.85. The second-order valence-electron chi connectivity index (χ2n) is 3.79. The quantitative estimate of drug-likeness (QED) is 0.755. The van der Waals surface area contributed by atoms with Crippen molar-refractivity contribution in [1.29, 1.82) is 0 Å². The SMILES string of the molecule is CCC1COc2cc(Cl)cnc2N(C)C1=O. The maximum Gasteiger partial charge on any atom is 0.234 e. The van der Waals surface area contributed by atoms with Crippen molar-refractivity contribution in [1.82, 2.24) is 4.98 Å². The van der Waals surface area contributed by atoms with Crippen LogP contribution < -0.4 is 9.64 Å². The molecule has 16 heavy (non-hydrogen) atoms. The van der Waals surface area contributed by atoms with Crippen molar-refractivity contribution in [2.45, 2.75) is 13.3 Å². The van der Waals surface area contributed by atoms with Crippen LogP contribution in [0.3, 0.4) is 0 Å². The predicted octanol–water partition coefficient (Wildman–Crippen LogP) is 2.12. The molecule has 2 rings (SSSR count). The molecule has 4 nitrogen and oxygen atoms in total. The van der Waals surface area contributed by atoms with Crippen LogP contribution >= 0.6 is 11.6 Å². The van der Waals surface area contributed by atoms with Crippen LogP contribution in [-0.2, 0) is 4.79 Å². The highest BCUT2D eigenvalue weighted by atomic mass is 35.5. The first-order valence-electron chi connectivity index (χ1n) is 5.19. The molecule has 86 valence electrons. The molecule has 1 atom stereocenters. The number of carbonyl (C=O) groups excluding carboxylic acids is 1. The normalized spacial score (nSPS) is 20.1. The minimum atomic E-state index is -0.113. The third-order valence-corrected chi connectivity index (χ3v) is 2.94. The van der Waals surface area contributed by atoms with Crippen LogP contribution in [-0.4, -0.2) is 24.5 Å². The Hall–Kier alpha value is -1.29. The molecular weight excluding hydrogens is 228 g/mol. The van der Waals surface area contributed by atoms with Gasteiger partial charge in [0.25, 0.3) is 0 Å². The van der Waals surface area contributed by atoms with Crippen LogP contribution in [0.1, 0.15) is 13.3 Å². The number of ether oxygens (including phenoxy) is 1. The highest BCUT2D eigenvalue weighted by Crippen LogP contribution is 2.32. The van der Waals surface area contributed by atoms with Crippen molar-refractivity contribution in [3.63, 3.8) is 0 Å². The Morgan fingerprint density at radius 2 is 2.44 bits per heavy atom. The lowest BCUT2D eigenvalue weighted by atomic mass is 10.1. The van der Waals surface area contributed by atoms with Crippen LogP contribution in [0.2, 0.25) is 5.02 Å². The van der Waals surface area contributed by atoms with E-state index < -0.39 is 0 Å². The first-order valence-corrected chi connectivity index (χ1v) is 5.57. The number of hydrogen-bond donors (Lipinski definition) is 0. The molecule has 0 fully saturated rings. The smallest absolute Gasteiger partial charge is 0.234 e. The van der Waals surface area contributed by atoms with Gasteiger partial charge in [-0.05, 0) is 6.42 Å². The van der Waals surface area contributed by atoms with Crippen LogP contribution in [0.15, 0.2) is 12.3 Å². The van der Waals surface area contributed by atoms with Crippen LogP contribution in [0.4, 0.5) is 5.82 Å². The number of carbonyl (C=O) groups is 1. The van der Waals surface area contributed by atoms with Gasteiger partial charge >= 0.3 is 0 Å². The molecule has 0 radical (unpaired) electrons. The maximum absolute atomic E-state index is 12.0. The largest absolute Gasteiger partial charge is 0.489 e. The van der Waals surface area contributed by atoms with Gasteiger partial charge in [0.05, 0.1) is 10.9 Å². The van der Waals surface area contributed by atoms with Gasteiger partial charge in [-0.2, -0.15) is 0 Å². The molecule has 1 aliphatic heterocycles. The fourth-order valence-electron chi connectivity index (χ4n) is 1.70. The number of halogens is 1. The van der Waals surface area contributed by atoms with E-state index in [4.69, 9.17) is 16.3 Å². The lowest BCUT2D eigenvalue weighted by Crippen LogP contribution is -2.33. The van der Waals surface area contributed by atoms with Crippen LogP contribution in [0.25, 0.3) is 0 Å². The van der Waals surface area contributed by atoms with Gasteiger partial charge in [-0.3, -0.25) is 9.69 Å². The lowest BCUT2D eigenvalue weighted by Gasteiger charge is -2.17. The second-order valence-corrected chi connectivity index (χ2v) is 4.23. The zero-order valence-electron chi connectivity index (χ0n) is 9.24. The summed E-state index contributed by atoms with van der Waals surface area (Å²) in [4.78, 5) is 17.7. The molecule has 0 bridgehead atoms. The summed E-state index contributed by atoms with van der Waals surface area (Å²) < 4.78 is 5.56. The fraction of sp³-hybridized carbons (Fsp3) is 0.455. The summed E-state index contributed by atoms with van der Waals surface area (Å²) in [6.07, 6.45) is 2.27. The van der Waals surface area contributed by atoms with Crippen molar-refractivity contribution < 1.29 is 9.53 Å². The van der Waals surface area contributed by atoms with Gasteiger partial charge < -0.3 is 4.74 Å². The molecule has 0 saturated heterocycles. The number of nitrogens with zero attached hydrogens (tertiary/aromatic N) is 2. The Bertz CT molecular complexity index is 422. The Morgan fingerprint density at radius 3 is 3.12 bits per heavy atom. The Labute approximate surface area is 99.2 Å². The molecule has 1 amide bonds. The molecule has 1 aromatic heterocycles. The average Bonchev–Trinajstić information content (AvgIpc) is 2.38. The molecular formula is C11H13ClN2O2. The summed E-state index contributed by atoms with van der Waals surface area (Å²) in [5, 5.41) is 0.509. The summed E-state index contributed by atoms with van der Waals surface area (Å²) in [6, 6.07) is 1.69. The zero-order chi connectivity index (χ0) is 11.7. The van der Waals surface area contributed by atoms with Crippen LogP contribution in [0.5, 0.6) is 5.75 Å². The van der Waals surface area contributed by atoms with Crippen molar-refractivity contribution in [2.24, 2.45) is 5.92 Å². The van der Waals surface area contributed by atoms with Gasteiger partial charge in [-0.15, -0.1) is 0 Å². The molecule has 1 unspecified atom stereocenters. The molecule has 2 heterocycles. The first-order chi connectivity index (χ1) is 7.63. The van der Waals surface area contributed by atoms with E-state index >= 15 is 0 Å². The van der Waals surface area contributed by atoms with Crippen LogP contribution in [0, 0.1) is 5.92 Å². The van der Waals surface area contributed by atoms with E-state index in [1.165, 1.54) is 11.1 Å². The van der Waals surface area contributed by atoms with E-state index in [-0.39, 0.29) is 11.8 Å². The highest BCUT2D eigenvalue weighted by Gasteiger charge is 2.28. The Kier molecular flexibility index (Phi) is 3.01. The van der Waals surface area contributed by atoms with E-state index in [0.29, 0.717) is 23.2 Å². The van der Waals surface area contributed by atoms with Gasteiger partial charge in [0.2, 0.25) is 5.91 Å². The van der Waals surface area contributed by atoms with Gasteiger partial charge in [0, 0.05) is 19.3 Å². The summed E-state index contributed by atoms with van der Waals surface area (Å²) in [5.41, 5.74) is 0. The number of pyridine rings is 1. The first kappa shape index (κ1) is 11.2. The number of fused-ring (bicyclic) bond motifs is 1. The Balaban J connectivity index is 2.41. The van der Waals surface area contributed by atoms with E-state index in [9.17, 15) is 4.79 Å². The zero-order valence-corrected chi connectivity index (χ0v) is 9.99. The van der Waals surface area contributed by atoms with Crippen molar-refractivity contribution in [2.75, 3.05) is 18.6 Å². The second kappa shape index (κ2) is 4.29. The lowest BCUT2D eigenvalue weighted by molar-refractivity contribution is -0.122. The number of amides is 1.